The molecular weight excluding hydrogens is 230 g/mol. The molecule has 1 aromatic rings. The molecule has 18 heavy (non-hydrogen) atoms. The molecule has 0 aliphatic carbocycles. The third-order valence-electron chi connectivity index (χ3n) is 3.16. The summed E-state index contributed by atoms with van der Waals surface area (Å²) >= 11 is 0. The van der Waals surface area contributed by atoms with Gasteiger partial charge in [-0.3, -0.25) is 4.79 Å². The number of anilines is 1. The average Bonchev–Trinajstić information content (AvgIpc) is 2.75. The smallest absolute Gasteiger partial charge is 0.267 e. The number of nitrogens with two attached hydrogens (primary N) is 1. The van der Waals surface area contributed by atoms with Gasteiger partial charge in [0.05, 0.1) is 5.69 Å². The number of aromatic nitrogens is 1. The first-order valence-electron chi connectivity index (χ1n) is 6.47. The summed E-state index contributed by atoms with van der Waals surface area (Å²) in [7, 11) is 0. The van der Waals surface area contributed by atoms with E-state index in [1.807, 2.05) is 11.5 Å². The topological polar surface area (TPSA) is 80.3 Å². The monoisotopic (exact) mass is 253 g/mol. The molecule has 1 rings (SSSR count). The Morgan fingerprint density at radius 3 is 2.83 bits per heavy atom. The van der Waals surface area contributed by atoms with Crippen LogP contribution in [0.25, 0.3) is 0 Å². The number of nitrogens with one attached hydrogen (secondary N) is 1. The van der Waals surface area contributed by atoms with E-state index < -0.39 is 0 Å². The lowest BCUT2D eigenvalue weighted by Crippen LogP contribution is -2.31. The molecule has 0 radical (unpaired) electrons. The number of aliphatic hydroxyl groups is 1. The van der Waals surface area contributed by atoms with Crippen LogP contribution in [0.2, 0.25) is 0 Å². The molecule has 1 amide bonds. The molecule has 0 aliphatic rings. The van der Waals surface area contributed by atoms with Crippen LogP contribution in [-0.4, -0.2) is 28.7 Å². The Labute approximate surface area is 108 Å². The quantitative estimate of drug-likeness (QED) is 0.683. The Hall–Kier alpha value is -1.49. The Morgan fingerprint density at radius 2 is 2.28 bits per heavy atom. The van der Waals surface area contributed by atoms with E-state index in [-0.39, 0.29) is 12.5 Å². The Balaban J connectivity index is 2.59. The molecular formula is C13H23N3O2. The van der Waals surface area contributed by atoms with Crippen LogP contribution in [0.1, 0.15) is 37.2 Å². The highest BCUT2D eigenvalue weighted by atomic mass is 16.3. The number of carbonyl (C=O) groups excluding carboxylic acids is 1. The predicted octanol–water partition coefficient (Wildman–Crippen LogP) is 1.23. The van der Waals surface area contributed by atoms with Crippen molar-refractivity contribution in [3.8, 4) is 0 Å². The van der Waals surface area contributed by atoms with Crippen LogP contribution in [0.4, 0.5) is 5.69 Å². The molecule has 102 valence electrons. The van der Waals surface area contributed by atoms with Crippen LogP contribution < -0.4 is 11.1 Å². The van der Waals surface area contributed by atoms with Crippen LogP contribution in [0.3, 0.4) is 0 Å². The van der Waals surface area contributed by atoms with Crippen LogP contribution in [0, 0.1) is 5.92 Å². The van der Waals surface area contributed by atoms with E-state index in [1.54, 1.807) is 12.3 Å². The van der Waals surface area contributed by atoms with Crippen LogP contribution in [-0.2, 0) is 6.54 Å². The normalized spacial score (nSPS) is 12.4. The third kappa shape index (κ3) is 3.77. The van der Waals surface area contributed by atoms with Gasteiger partial charge in [0.1, 0.15) is 5.69 Å². The largest absolute Gasteiger partial charge is 0.397 e. The minimum absolute atomic E-state index is 0.107. The van der Waals surface area contributed by atoms with E-state index in [9.17, 15) is 4.79 Å². The zero-order valence-corrected chi connectivity index (χ0v) is 11.1. The molecule has 0 fully saturated rings. The number of aryl methyl sites for hydroxylation is 1. The average molecular weight is 253 g/mol. The fraction of sp³-hybridized carbons (Fsp3) is 0.615. The van der Waals surface area contributed by atoms with Gasteiger partial charge in [-0.25, -0.2) is 0 Å². The number of amides is 1. The first kappa shape index (κ1) is 14.6. The molecule has 0 saturated heterocycles. The van der Waals surface area contributed by atoms with Crippen molar-refractivity contribution >= 4 is 11.6 Å². The fourth-order valence-corrected chi connectivity index (χ4v) is 1.95. The second-order valence-electron chi connectivity index (χ2n) is 4.44. The lowest BCUT2D eigenvalue weighted by Gasteiger charge is -2.14. The van der Waals surface area contributed by atoms with E-state index in [0.717, 1.165) is 6.42 Å². The van der Waals surface area contributed by atoms with Gasteiger partial charge in [-0.2, -0.15) is 0 Å². The standard InChI is InChI=1S/C13H23N3O2/c1-3-10(5-6-17)8-15-13(18)12-7-11(14)9-16(12)4-2/h7,9-10,17H,3-6,8,14H2,1-2H3,(H,15,18). The summed E-state index contributed by atoms with van der Waals surface area (Å²) in [6.45, 7) is 5.49. The number of hydrogen-bond acceptors (Lipinski definition) is 3. The first-order chi connectivity index (χ1) is 8.62. The van der Waals surface area contributed by atoms with Gasteiger partial charge in [0, 0.05) is 25.9 Å². The SMILES string of the molecule is CCC(CCO)CNC(=O)c1cc(N)cn1CC. The summed E-state index contributed by atoms with van der Waals surface area (Å²) in [6.07, 6.45) is 3.42. The third-order valence-corrected chi connectivity index (χ3v) is 3.16. The van der Waals surface area contributed by atoms with Crippen molar-refractivity contribution in [2.75, 3.05) is 18.9 Å². The maximum absolute atomic E-state index is 12.0. The van der Waals surface area contributed by atoms with Crippen LogP contribution >= 0.6 is 0 Å². The summed E-state index contributed by atoms with van der Waals surface area (Å²) < 4.78 is 1.83. The Bertz CT molecular complexity index is 388. The van der Waals surface area contributed by atoms with E-state index in [4.69, 9.17) is 10.8 Å². The molecule has 0 aliphatic heterocycles. The van der Waals surface area contributed by atoms with Gasteiger partial charge in [-0.15, -0.1) is 0 Å². The number of carbonyl (C=O) groups is 1. The van der Waals surface area contributed by atoms with E-state index >= 15 is 0 Å². The molecule has 4 N–H and O–H groups in total. The Kier molecular flexibility index (Phi) is 5.71. The van der Waals surface area contributed by atoms with Crippen molar-refractivity contribution in [3.63, 3.8) is 0 Å². The molecule has 0 spiro atoms. The number of aliphatic hydroxyl groups excluding tert-OH is 1. The van der Waals surface area contributed by atoms with E-state index in [0.29, 0.717) is 36.8 Å². The lowest BCUT2D eigenvalue weighted by molar-refractivity contribution is 0.0934. The maximum Gasteiger partial charge on any atom is 0.267 e. The molecule has 5 heteroatoms. The first-order valence-corrected chi connectivity index (χ1v) is 6.47. The molecule has 0 saturated carbocycles. The summed E-state index contributed by atoms with van der Waals surface area (Å²) in [5.74, 6) is 0.214. The summed E-state index contributed by atoms with van der Waals surface area (Å²) in [5.41, 5.74) is 6.88. The second kappa shape index (κ2) is 7.06. The minimum atomic E-state index is -0.107. The number of hydrogen-bond donors (Lipinski definition) is 3. The summed E-state index contributed by atoms with van der Waals surface area (Å²) in [5, 5.41) is 11.8. The highest BCUT2D eigenvalue weighted by Crippen LogP contribution is 2.11. The van der Waals surface area contributed by atoms with Crippen molar-refractivity contribution in [2.45, 2.75) is 33.2 Å². The van der Waals surface area contributed by atoms with Gasteiger partial charge in [0.25, 0.3) is 5.91 Å². The van der Waals surface area contributed by atoms with E-state index in [1.165, 1.54) is 0 Å². The van der Waals surface area contributed by atoms with Gasteiger partial charge < -0.3 is 20.7 Å². The minimum Gasteiger partial charge on any atom is -0.397 e. The van der Waals surface area contributed by atoms with Gasteiger partial charge in [0.15, 0.2) is 0 Å². The maximum atomic E-state index is 12.0. The van der Waals surface area contributed by atoms with Gasteiger partial charge in [0.2, 0.25) is 0 Å². The predicted molar refractivity (Wildman–Crippen MR) is 72.3 cm³/mol. The van der Waals surface area contributed by atoms with Crippen molar-refractivity contribution in [1.29, 1.82) is 0 Å². The van der Waals surface area contributed by atoms with Crippen LogP contribution in [0.5, 0.6) is 0 Å². The highest BCUT2D eigenvalue weighted by Gasteiger charge is 2.13. The molecule has 0 bridgehead atoms. The van der Waals surface area contributed by atoms with Gasteiger partial charge >= 0.3 is 0 Å². The molecule has 1 heterocycles. The second-order valence-corrected chi connectivity index (χ2v) is 4.44. The molecule has 1 aromatic heterocycles. The summed E-state index contributed by atoms with van der Waals surface area (Å²) in [6, 6.07) is 1.69. The van der Waals surface area contributed by atoms with Crippen molar-refractivity contribution in [1.82, 2.24) is 9.88 Å². The number of nitrogen functional groups attached to an aromatic ring is 1. The van der Waals surface area contributed by atoms with Gasteiger partial charge in [-0.1, -0.05) is 13.3 Å². The Morgan fingerprint density at radius 1 is 1.56 bits per heavy atom. The zero-order chi connectivity index (χ0) is 13.5. The molecule has 1 unspecified atom stereocenters. The van der Waals surface area contributed by atoms with Crippen molar-refractivity contribution in [3.05, 3.63) is 18.0 Å². The molecule has 1 atom stereocenters. The summed E-state index contributed by atoms with van der Waals surface area (Å²) in [4.78, 5) is 12.0. The number of nitrogens with zero attached hydrogens (tertiary/aromatic N) is 1. The van der Waals surface area contributed by atoms with Crippen LogP contribution in [0.15, 0.2) is 12.3 Å². The molecule has 5 nitrogen and oxygen atoms in total. The van der Waals surface area contributed by atoms with Crippen molar-refractivity contribution in [2.24, 2.45) is 5.92 Å². The van der Waals surface area contributed by atoms with Crippen molar-refractivity contribution < 1.29 is 9.90 Å². The van der Waals surface area contributed by atoms with Gasteiger partial charge in [-0.05, 0) is 25.3 Å². The fourth-order valence-electron chi connectivity index (χ4n) is 1.95. The zero-order valence-electron chi connectivity index (χ0n) is 11.1. The molecule has 0 aromatic carbocycles. The highest BCUT2D eigenvalue weighted by molar-refractivity contribution is 5.93. The number of rotatable bonds is 7. The van der Waals surface area contributed by atoms with E-state index in [2.05, 4.69) is 12.2 Å². The lowest BCUT2D eigenvalue weighted by atomic mass is 10.0.